The van der Waals surface area contributed by atoms with Crippen molar-refractivity contribution in [2.24, 2.45) is 56.4 Å². The van der Waals surface area contributed by atoms with E-state index in [1.807, 2.05) is 28.2 Å². The maximum atomic E-state index is 5.42. The molecule has 0 saturated heterocycles. The number of rotatable bonds is 4. The Labute approximate surface area is 393 Å². The van der Waals surface area contributed by atoms with E-state index < -0.39 is 0 Å². The van der Waals surface area contributed by atoms with Crippen LogP contribution < -0.4 is 114 Å². The monoisotopic (exact) mass is 1200 g/mol. The Kier molecular flexibility index (Phi) is 13.0. The number of hydrogen-bond acceptors (Lipinski definition) is 2. The summed E-state index contributed by atoms with van der Waals surface area (Å²) in [6, 6.07) is 8.66. The molecule has 2 N–H and O–H groups in total. The predicted octanol–water partition coefficient (Wildman–Crippen LogP) is -8.01. The molecular formula is C40H42I4N12. The van der Waals surface area contributed by atoms with Crippen molar-refractivity contribution >= 4 is 46.4 Å². The van der Waals surface area contributed by atoms with Gasteiger partial charge in [0.15, 0.2) is 22.8 Å². The topological polar surface area (TPSA) is 92.6 Å². The Bertz CT molecular complexity index is 2480. The van der Waals surface area contributed by atoms with E-state index in [1.54, 1.807) is 0 Å². The highest BCUT2D eigenvalue weighted by molar-refractivity contribution is 5.97. The van der Waals surface area contributed by atoms with Crippen LogP contribution in [0.1, 0.15) is 22.8 Å². The van der Waals surface area contributed by atoms with Crippen LogP contribution >= 0.6 is 0 Å². The highest BCUT2D eigenvalue weighted by Gasteiger charge is 2.26. The Hall–Kier alpha value is -3.64. The molecule has 0 atom stereocenters. The zero-order valence-corrected chi connectivity index (χ0v) is 40.9. The van der Waals surface area contributed by atoms with Crippen LogP contribution in [0.5, 0.6) is 0 Å². The van der Waals surface area contributed by atoms with Gasteiger partial charge in [0.25, 0.3) is 0 Å². The third-order valence-electron chi connectivity index (χ3n) is 10.0. The number of fused-ring (bicyclic) bond motifs is 8. The van der Waals surface area contributed by atoms with Crippen LogP contribution in [0.4, 0.5) is 0 Å². The third-order valence-corrected chi connectivity index (χ3v) is 10.0. The molecule has 290 valence electrons. The first-order valence-electron chi connectivity index (χ1n) is 17.3. The van der Waals surface area contributed by atoms with Crippen molar-refractivity contribution in [3.63, 3.8) is 0 Å². The summed E-state index contributed by atoms with van der Waals surface area (Å²) in [7, 11) is 16.5. The van der Waals surface area contributed by atoms with Crippen LogP contribution in [0.25, 0.3) is 91.4 Å². The molecule has 9 rings (SSSR count). The maximum absolute atomic E-state index is 5.42. The zero-order valence-electron chi connectivity index (χ0n) is 32.2. The van der Waals surface area contributed by atoms with Crippen molar-refractivity contribution < 1.29 is 114 Å². The first kappa shape index (κ1) is 43.5. The minimum Gasteiger partial charge on any atom is -1.00 e. The molecule has 0 radical (unpaired) electrons. The number of aromatic nitrogens is 12. The van der Waals surface area contributed by atoms with E-state index in [-0.39, 0.29) is 95.9 Å². The largest absolute Gasteiger partial charge is 1.00 e. The summed E-state index contributed by atoms with van der Waals surface area (Å²) in [5.41, 5.74) is 15.6. The van der Waals surface area contributed by atoms with E-state index in [0.717, 1.165) is 89.9 Å². The van der Waals surface area contributed by atoms with Crippen LogP contribution in [0.3, 0.4) is 0 Å². The lowest BCUT2D eigenvalue weighted by Gasteiger charge is -2.03. The lowest BCUT2D eigenvalue weighted by atomic mass is 10.1. The second-order valence-electron chi connectivity index (χ2n) is 14.1. The van der Waals surface area contributed by atoms with Gasteiger partial charge in [-0.2, -0.15) is 0 Å². The van der Waals surface area contributed by atoms with Crippen molar-refractivity contribution in [2.45, 2.75) is 0 Å². The average Bonchev–Trinajstić information content (AvgIpc) is 3.93. The van der Waals surface area contributed by atoms with Gasteiger partial charge in [0, 0.05) is 0 Å². The smallest absolute Gasteiger partial charge is 0.243 e. The Balaban J connectivity index is 0.00000150. The summed E-state index contributed by atoms with van der Waals surface area (Å²) in [6.45, 7) is 0. The summed E-state index contributed by atoms with van der Waals surface area (Å²) in [4.78, 5) is 18.5. The highest BCUT2D eigenvalue weighted by Crippen LogP contribution is 2.36. The lowest BCUT2D eigenvalue weighted by molar-refractivity contribution is -0.660. The number of nitrogens with zero attached hydrogens (tertiary/aromatic N) is 10. The van der Waals surface area contributed by atoms with Crippen LogP contribution in [0, 0.1) is 0 Å². The first-order chi connectivity index (χ1) is 25.0. The minimum atomic E-state index is 0. The molecule has 16 heteroatoms. The van der Waals surface area contributed by atoms with Crippen molar-refractivity contribution in [3.05, 3.63) is 97.1 Å². The number of H-pyrrole nitrogens is 2. The molecule has 0 saturated carbocycles. The Morgan fingerprint density at radius 3 is 0.786 bits per heavy atom. The molecule has 0 spiro atoms. The van der Waals surface area contributed by atoms with E-state index in [4.69, 9.17) is 9.97 Å². The average molecular weight is 1200 g/mol. The van der Waals surface area contributed by atoms with Gasteiger partial charge >= 0.3 is 0 Å². The lowest BCUT2D eigenvalue weighted by Crippen LogP contribution is -3.00. The quantitative estimate of drug-likeness (QED) is 0.136. The van der Waals surface area contributed by atoms with Gasteiger partial charge in [-0.25, -0.2) is 46.5 Å². The highest BCUT2D eigenvalue weighted by atomic mass is 127. The van der Waals surface area contributed by atoms with E-state index in [9.17, 15) is 0 Å². The Morgan fingerprint density at radius 2 is 0.607 bits per heavy atom. The Morgan fingerprint density at radius 1 is 0.393 bits per heavy atom. The normalized spacial score (nSPS) is 11.6. The molecule has 0 unspecified atom stereocenters. The summed E-state index contributed by atoms with van der Waals surface area (Å²) in [5, 5.41) is 0. The van der Waals surface area contributed by atoms with Crippen molar-refractivity contribution in [2.75, 3.05) is 0 Å². The van der Waals surface area contributed by atoms with Crippen LogP contribution in [0.2, 0.25) is 0 Å². The molecule has 0 aromatic carbocycles. The number of halogens is 4. The fourth-order valence-corrected chi connectivity index (χ4v) is 7.86. The van der Waals surface area contributed by atoms with E-state index in [1.165, 1.54) is 0 Å². The van der Waals surface area contributed by atoms with E-state index in [2.05, 4.69) is 173 Å². The molecule has 9 heterocycles. The second kappa shape index (κ2) is 16.7. The third kappa shape index (κ3) is 7.45. The summed E-state index contributed by atoms with van der Waals surface area (Å²) >= 11 is 0. The molecule has 0 amide bonds. The molecule has 0 fully saturated rings. The summed E-state index contributed by atoms with van der Waals surface area (Å²) in [5.74, 6) is 0. The number of hydrogen-bond donors (Lipinski definition) is 2. The number of imidazole rings is 4. The van der Waals surface area contributed by atoms with Crippen molar-refractivity contribution in [3.8, 4) is 45.0 Å². The zero-order chi connectivity index (χ0) is 36.0. The molecule has 56 heavy (non-hydrogen) atoms. The van der Waals surface area contributed by atoms with Crippen LogP contribution in [-0.2, 0) is 56.4 Å². The van der Waals surface area contributed by atoms with Gasteiger partial charge in [0.2, 0.25) is 25.3 Å². The molecule has 2 aliphatic heterocycles. The van der Waals surface area contributed by atoms with Crippen LogP contribution in [-0.4, -0.2) is 38.2 Å². The van der Waals surface area contributed by atoms with E-state index in [0.29, 0.717) is 0 Å². The molecule has 12 nitrogen and oxygen atoms in total. The van der Waals surface area contributed by atoms with Crippen molar-refractivity contribution in [1.82, 2.24) is 38.2 Å². The fraction of sp³-hybridized carbons (Fsp3) is 0.200. The maximum Gasteiger partial charge on any atom is 0.243 e. The summed E-state index contributed by atoms with van der Waals surface area (Å²) in [6.07, 6.45) is 25.4. The molecule has 7 aromatic rings. The molecule has 8 bridgehead atoms. The van der Waals surface area contributed by atoms with Crippen molar-refractivity contribution in [1.29, 1.82) is 0 Å². The van der Waals surface area contributed by atoms with Gasteiger partial charge < -0.3 is 106 Å². The van der Waals surface area contributed by atoms with Gasteiger partial charge in [-0.15, -0.1) is 0 Å². The second-order valence-corrected chi connectivity index (χ2v) is 14.1. The van der Waals surface area contributed by atoms with Gasteiger partial charge in [-0.05, 0) is 48.6 Å². The molecule has 2 aliphatic rings. The summed E-state index contributed by atoms with van der Waals surface area (Å²) < 4.78 is 16.9. The van der Waals surface area contributed by atoms with E-state index >= 15 is 0 Å². The first-order valence-corrected chi connectivity index (χ1v) is 17.3. The molecule has 0 aliphatic carbocycles. The van der Waals surface area contributed by atoms with Gasteiger partial charge in [0.1, 0.15) is 24.8 Å². The number of aromatic amines is 2. The minimum absolute atomic E-state index is 0. The molecule has 7 aromatic heterocycles. The van der Waals surface area contributed by atoms with Gasteiger partial charge in [0.05, 0.1) is 123 Å². The van der Waals surface area contributed by atoms with Crippen LogP contribution in [0.15, 0.2) is 74.4 Å². The van der Waals surface area contributed by atoms with Gasteiger partial charge in [-0.3, -0.25) is 0 Å². The number of aryl methyl sites for hydroxylation is 8. The predicted molar refractivity (Wildman–Crippen MR) is 201 cm³/mol. The standard InChI is InChI=1S/C40H42N12.4HI/c1-45-17-33(49(5)21-45)37-25-9-11-27(41-25)38(34-18-46(2)22-50(34)6)29-13-15-31(43-29)40(36-20-48(4)24-52(36)8)32-16-14-30(44-32)39(28-12-10-26(37)42-28)35-19-47(3)23-51(35)7;;;;/h9-24,41,44H,1-8H3;4*1H/q+4;;;;/p-4. The fourth-order valence-electron chi connectivity index (χ4n) is 7.86. The number of nitrogens with one attached hydrogen (secondary N) is 2. The SMILES string of the molecule is Cn1cc(-c2c3nc(c(-c4cn(C)c[n+]4C)c4ccc([nH]4)c(-c4cn(C)c[n+]4C)c4nc(c(-c5cn(C)c[n+]5C)c5ccc2[nH]5)C=C4)C=C3)[n+](C)c1.[I-].[I-].[I-].[I-]. The van der Waals surface area contributed by atoms with Gasteiger partial charge in [-0.1, -0.05) is 0 Å². The molecular weight excluding hydrogens is 1160 g/mol.